The lowest BCUT2D eigenvalue weighted by Gasteiger charge is -2.06. The highest BCUT2D eigenvalue weighted by Gasteiger charge is 2.31. The summed E-state index contributed by atoms with van der Waals surface area (Å²) in [5, 5.41) is 8.49. The van der Waals surface area contributed by atoms with E-state index in [1.54, 1.807) is 0 Å². The third-order valence-corrected chi connectivity index (χ3v) is 1.63. The van der Waals surface area contributed by atoms with Crippen LogP contribution in [0.25, 0.3) is 0 Å². The second-order valence-electron chi connectivity index (χ2n) is 2.53. The standard InChI is InChI=1S/C8H8O4/c1-4-3-6(12-8(4)11)5(2)7(9)10/h6H,1-3H2,(H,9,10). The minimum Gasteiger partial charge on any atom is -0.478 e. The number of hydrogen-bond donors (Lipinski definition) is 1. The van der Waals surface area contributed by atoms with Crippen LogP contribution in [0.15, 0.2) is 24.3 Å². The summed E-state index contributed by atoms with van der Waals surface area (Å²) in [6.07, 6.45) is -0.508. The van der Waals surface area contributed by atoms with E-state index in [9.17, 15) is 9.59 Å². The quantitative estimate of drug-likeness (QED) is 0.481. The molecule has 1 saturated heterocycles. The molecular weight excluding hydrogens is 160 g/mol. The van der Waals surface area contributed by atoms with Crippen molar-refractivity contribution in [1.29, 1.82) is 0 Å². The van der Waals surface area contributed by atoms with Crippen molar-refractivity contribution in [1.82, 2.24) is 0 Å². The number of carbonyl (C=O) groups is 2. The Labute approximate surface area is 69.1 Å². The molecule has 64 valence electrons. The van der Waals surface area contributed by atoms with E-state index in [-0.39, 0.29) is 12.0 Å². The average molecular weight is 168 g/mol. The van der Waals surface area contributed by atoms with Gasteiger partial charge in [-0.2, -0.15) is 0 Å². The zero-order valence-corrected chi connectivity index (χ0v) is 6.37. The van der Waals surface area contributed by atoms with Gasteiger partial charge >= 0.3 is 11.9 Å². The van der Waals surface area contributed by atoms with Crippen molar-refractivity contribution in [3.8, 4) is 0 Å². The Bertz CT molecular complexity index is 261. The number of ether oxygens (including phenoxy) is 1. The predicted molar refractivity (Wildman–Crippen MR) is 40.4 cm³/mol. The lowest BCUT2D eigenvalue weighted by Crippen LogP contribution is -2.16. The zero-order chi connectivity index (χ0) is 9.30. The van der Waals surface area contributed by atoms with Crippen LogP contribution in [0.1, 0.15) is 6.42 Å². The normalized spacial score (nSPS) is 22.2. The molecule has 0 saturated carbocycles. The van der Waals surface area contributed by atoms with Crippen molar-refractivity contribution in [2.75, 3.05) is 0 Å². The summed E-state index contributed by atoms with van der Waals surface area (Å²) in [6, 6.07) is 0. The van der Waals surface area contributed by atoms with Gasteiger partial charge in [0.25, 0.3) is 0 Å². The molecule has 0 bridgehead atoms. The molecule has 0 aromatic rings. The van der Waals surface area contributed by atoms with Crippen LogP contribution in [0.3, 0.4) is 0 Å². The maximum absolute atomic E-state index is 10.8. The van der Waals surface area contributed by atoms with E-state index in [4.69, 9.17) is 5.11 Å². The summed E-state index contributed by atoms with van der Waals surface area (Å²) in [6.45, 7) is 6.71. The Kier molecular flexibility index (Phi) is 1.99. The largest absolute Gasteiger partial charge is 0.478 e. The van der Waals surface area contributed by atoms with Gasteiger partial charge in [-0.3, -0.25) is 0 Å². The second kappa shape index (κ2) is 2.81. The van der Waals surface area contributed by atoms with Gasteiger partial charge in [-0.05, 0) is 0 Å². The summed E-state index contributed by atoms with van der Waals surface area (Å²) >= 11 is 0. The molecule has 1 atom stereocenters. The van der Waals surface area contributed by atoms with Gasteiger partial charge in [-0.1, -0.05) is 13.2 Å². The van der Waals surface area contributed by atoms with Crippen molar-refractivity contribution in [3.05, 3.63) is 24.3 Å². The van der Waals surface area contributed by atoms with Crippen LogP contribution in [0.4, 0.5) is 0 Å². The lowest BCUT2D eigenvalue weighted by atomic mass is 10.1. The molecule has 12 heavy (non-hydrogen) atoms. The van der Waals surface area contributed by atoms with Crippen molar-refractivity contribution in [2.45, 2.75) is 12.5 Å². The fraction of sp³-hybridized carbons (Fsp3) is 0.250. The fourth-order valence-corrected chi connectivity index (χ4v) is 0.893. The summed E-state index contributed by atoms with van der Waals surface area (Å²) in [7, 11) is 0. The molecule has 1 aliphatic rings. The van der Waals surface area contributed by atoms with Gasteiger partial charge in [-0.15, -0.1) is 0 Å². The molecule has 1 rings (SSSR count). The van der Waals surface area contributed by atoms with Gasteiger partial charge in [0.1, 0.15) is 6.10 Å². The van der Waals surface area contributed by atoms with E-state index in [2.05, 4.69) is 17.9 Å². The highest BCUT2D eigenvalue weighted by atomic mass is 16.6. The molecule has 1 N–H and O–H groups in total. The number of carboxylic acids is 1. The minimum absolute atomic E-state index is 0.109. The third kappa shape index (κ3) is 1.37. The monoisotopic (exact) mass is 168 g/mol. The molecule has 0 aromatic carbocycles. The van der Waals surface area contributed by atoms with E-state index in [0.717, 1.165) is 0 Å². The number of carbonyl (C=O) groups excluding carboxylic acids is 1. The Hall–Kier alpha value is -1.58. The molecule has 0 aromatic heterocycles. The number of hydrogen-bond acceptors (Lipinski definition) is 3. The maximum Gasteiger partial charge on any atom is 0.334 e. The number of carboxylic acid groups (broad SMARTS) is 1. The van der Waals surface area contributed by atoms with Crippen LogP contribution < -0.4 is 0 Å². The highest BCUT2D eigenvalue weighted by Crippen LogP contribution is 2.23. The molecule has 1 unspecified atom stereocenters. The molecule has 0 spiro atoms. The van der Waals surface area contributed by atoms with E-state index in [1.807, 2.05) is 0 Å². The first-order chi connectivity index (χ1) is 5.52. The summed E-state index contributed by atoms with van der Waals surface area (Å²) in [4.78, 5) is 21.1. The molecule has 4 nitrogen and oxygen atoms in total. The topological polar surface area (TPSA) is 63.6 Å². The van der Waals surface area contributed by atoms with Crippen LogP contribution in [0.2, 0.25) is 0 Å². The average Bonchev–Trinajstić information content (AvgIpc) is 2.30. The van der Waals surface area contributed by atoms with Crippen LogP contribution in [0, 0.1) is 0 Å². The fourth-order valence-electron chi connectivity index (χ4n) is 0.893. The first-order valence-electron chi connectivity index (χ1n) is 3.33. The minimum atomic E-state index is -1.15. The smallest absolute Gasteiger partial charge is 0.334 e. The first-order valence-corrected chi connectivity index (χ1v) is 3.33. The van der Waals surface area contributed by atoms with Crippen molar-refractivity contribution < 1.29 is 19.4 Å². The maximum atomic E-state index is 10.8. The Morgan fingerprint density at radius 3 is 2.58 bits per heavy atom. The number of cyclic esters (lactones) is 1. The molecule has 0 radical (unpaired) electrons. The highest BCUT2D eigenvalue weighted by molar-refractivity contribution is 5.94. The van der Waals surface area contributed by atoms with Crippen LogP contribution >= 0.6 is 0 Å². The molecule has 1 aliphatic heterocycles. The van der Waals surface area contributed by atoms with Gasteiger partial charge < -0.3 is 9.84 Å². The van der Waals surface area contributed by atoms with E-state index in [0.29, 0.717) is 5.57 Å². The molecule has 0 amide bonds. The second-order valence-corrected chi connectivity index (χ2v) is 2.53. The van der Waals surface area contributed by atoms with Crippen LogP contribution in [-0.4, -0.2) is 23.1 Å². The Balaban J connectivity index is 2.70. The number of esters is 1. The van der Waals surface area contributed by atoms with E-state index in [1.165, 1.54) is 0 Å². The van der Waals surface area contributed by atoms with Crippen LogP contribution in [0.5, 0.6) is 0 Å². The van der Waals surface area contributed by atoms with Gasteiger partial charge in [0.05, 0.1) is 5.57 Å². The lowest BCUT2D eigenvalue weighted by molar-refractivity contribution is -0.139. The van der Waals surface area contributed by atoms with Gasteiger partial charge in [-0.25, -0.2) is 9.59 Å². The number of rotatable bonds is 2. The first kappa shape index (κ1) is 8.52. The van der Waals surface area contributed by atoms with Gasteiger partial charge in [0.15, 0.2) is 0 Å². The molecular formula is C8H8O4. The summed E-state index contributed by atoms with van der Waals surface area (Å²) < 4.78 is 4.68. The molecule has 4 heteroatoms. The van der Waals surface area contributed by atoms with E-state index >= 15 is 0 Å². The van der Waals surface area contributed by atoms with Crippen molar-refractivity contribution in [3.63, 3.8) is 0 Å². The van der Waals surface area contributed by atoms with Crippen molar-refractivity contribution in [2.24, 2.45) is 0 Å². The summed E-state index contributed by atoms with van der Waals surface area (Å²) in [5.74, 6) is -1.69. The SMILES string of the molecule is C=C1CC(C(=C)C(=O)O)OC1=O. The third-order valence-electron chi connectivity index (χ3n) is 1.63. The zero-order valence-electron chi connectivity index (χ0n) is 6.37. The van der Waals surface area contributed by atoms with E-state index < -0.39 is 18.0 Å². The predicted octanol–water partition coefficient (Wildman–Crippen LogP) is 0.499. The Morgan fingerprint density at radius 1 is 1.67 bits per heavy atom. The molecule has 0 aliphatic carbocycles. The van der Waals surface area contributed by atoms with Gasteiger partial charge in [0, 0.05) is 12.0 Å². The van der Waals surface area contributed by atoms with Crippen LogP contribution in [-0.2, 0) is 14.3 Å². The summed E-state index contributed by atoms with van der Waals surface area (Å²) in [5.41, 5.74) is 0.185. The van der Waals surface area contributed by atoms with Crippen molar-refractivity contribution >= 4 is 11.9 Å². The number of aliphatic carboxylic acids is 1. The molecule has 1 heterocycles. The Morgan fingerprint density at radius 2 is 2.25 bits per heavy atom. The molecule has 1 fully saturated rings. The van der Waals surface area contributed by atoms with Gasteiger partial charge in [0.2, 0.25) is 0 Å².